The molecule has 0 amide bonds. The first kappa shape index (κ1) is 11.3. The number of carbonyl (C=O) groups excluding carboxylic acids is 2. The van der Waals surface area contributed by atoms with Crippen molar-refractivity contribution in [1.29, 1.82) is 5.26 Å². The molecule has 0 aromatic heterocycles. The summed E-state index contributed by atoms with van der Waals surface area (Å²) >= 11 is 4.03. The monoisotopic (exact) mass is 221 g/mol. The molecular formula is C10H7NO3S. The number of ether oxygens (including phenoxy) is 1. The summed E-state index contributed by atoms with van der Waals surface area (Å²) < 4.78 is 4.50. The molecule has 0 saturated carbocycles. The maximum atomic E-state index is 11.3. The van der Waals surface area contributed by atoms with Gasteiger partial charge in [0.1, 0.15) is 0 Å². The minimum Gasteiger partial charge on any atom is -0.465 e. The molecule has 4 nitrogen and oxygen atoms in total. The first-order valence-corrected chi connectivity index (χ1v) is 4.39. The highest BCUT2D eigenvalue weighted by Gasteiger charge is 2.14. The topological polar surface area (TPSA) is 67.2 Å². The molecule has 0 aliphatic heterocycles. The van der Waals surface area contributed by atoms with Crippen LogP contribution in [0.3, 0.4) is 0 Å². The van der Waals surface area contributed by atoms with Crippen LogP contribution in [0.2, 0.25) is 0 Å². The molecule has 76 valence electrons. The van der Waals surface area contributed by atoms with Gasteiger partial charge in [0.25, 0.3) is 0 Å². The fraction of sp³-hybridized carbons (Fsp3) is 0.100. The van der Waals surface area contributed by atoms with Gasteiger partial charge in [0.05, 0.1) is 24.3 Å². The van der Waals surface area contributed by atoms with Crippen molar-refractivity contribution in [3.63, 3.8) is 0 Å². The number of hydrogen-bond acceptors (Lipinski definition) is 5. The van der Waals surface area contributed by atoms with Crippen LogP contribution in [0.4, 0.5) is 0 Å². The zero-order valence-electron chi connectivity index (χ0n) is 7.85. The molecule has 0 saturated heterocycles. The average molecular weight is 221 g/mol. The fourth-order valence-corrected chi connectivity index (χ4v) is 1.35. The van der Waals surface area contributed by atoms with E-state index in [1.807, 2.05) is 6.07 Å². The Morgan fingerprint density at radius 1 is 1.60 bits per heavy atom. The van der Waals surface area contributed by atoms with Crippen molar-refractivity contribution in [3.05, 3.63) is 28.8 Å². The van der Waals surface area contributed by atoms with Crippen molar-refractivity contribution >= 4 is 24.9 Å². The highest BCUT2D eigenvalue weighted by Crippen LogP contribution is 2.20. The number of benzene rings is 1. The van der Waals surface area contributed by atoms with Gasteiger partial charge >= 0.3 is 5.97 Å². The number of esters is 1. The Bertz CT molecular complexity index is 462. The summed E-state index contributed by atoms with van der Waals surface area (Å²) in [5, 5.41) is 8.68. The van der Waals surface area contributed by atoms with Gasteiger partial charge in [0.15, 0.2) is 6.29 Å². The Balaban J connectivity index is 3.45. The van der Waals surface area contributed by atoms with Gasteiger partial charge in [0.2, 0.25) is 0 Å². The minimum absolute atomic E-state index is 0.113. The first-order valence-electron chi connectivity index (χ1n) is 3.94. The third-order valence-corrected chi connectivity index (χ3v) is 2.30. The number of methoxy groups -OCH3 is 1. The number of aldehydes is 1. The zero-order chi connectivity index (χ0) is 11.4. The Hall–Kier alpha value is -1.80. The largest absolute Gasteiger partial charge is 0.465 e. The van der Waals surface area contributed by atoms with Gasteiger partial charge in [-0.25, -0.2) is 4.79 Å². The maximum absolute atomic E-state index is 11.3. The number of nitrogens with zero attached hydrogens (tertiary/aromatic N) is 1. The summed E-state index contributed by atoms with van der Waals surface area (Å²) in [5.41, 5.74) is 0.523. The molecule has 0 atom stereocenters. The molecule has 0 aliphatic carbocycles. The lowest BCUT2D eigenvalue weighted by Gasteiger charge is -2.05. The Kier molecular flexibility index (Phi) is 3.47. The molecule has 0 unspecified atom stereocenters. The highest BCUT2D eigenvalue weighted by molar-refractivity contribution is 7.80. The maximum Gasteiger partial charge on any atom is 0.339 e. The molecule has 0 bridgehead atoms. The van der Waals surface area contributed by atoms with Crippen molar-refractivity contribution in [2.75, 3.05) is 7.11 Å². The normalized spacial score (nSPS) is 9.13. The minimum atomic E-state index is -0.625. The van der Waals surface area contributed by atoms with Crippen LogP contribution in [-0.4, -0.2) is 19.4 Å². The summed E-state index contributed by atoms with van der Waals surface area (Å²) in [4.78, 5) is 22.1. The Morgan fingerprint density at radius 2 is 2.27 bits per heavy atom. The smallest absolute Gasteiger partial charge is 0.339 e. The molecule has 1 aromatic carbocycles. The lowest BCUT2D eigenvalue weighted by molar-refractivity contribution is 0.0597. The lowest BCUT2D eigenvalue weighted by Crippen LogP contribution is -2.05. The van der Waals surface area contributed by atoms with Crippen LogP contribution in [0.1, 0.15) is 26.3 Å². The molecule has 1 aromatic rings. The van der Waals surface area contributed by atoms with E-state index in [0.29, 0.717) is 6.29 Å². The molecular weight excluding hydrogens is 214 g/mol. The number of thiol groups is 1. The van der Waals surface area contributed by atoms with Gasteiger partial charge in [-0.3, -0.25) is 4.79 Å². The second kappa shape index (κ2) is 4.62. The molecule has 15 heavy (non-hydrogen) atoms. The van der Waals surface area contributed by atoms with Crippen LogP contribution >= 0.6 is 12.6 Å². The van der Waals surface area contributed by atoms with E-state index in [9.17, 15) is 9.59 Å². The number of hydrogen-bond donors (Lipinski definition) is 1. The molecule has 0 aliphatic rings. The lowest BCUT2D eigenvalue weighted by atomic mass is 10.1. The SMILES string of the molecule is COC(=O)c1cc(C#N)cc(C=O)c1S. The van der Waals surface area contributed by atoms with Crippen LogP contribution in [0.5, 0.6) is 0 Å². The van der Waals surface area contributed by atoms with E-state index in [2.05, 4.69) is 17.4 Å². The van der Waals surface area contributed by atoms with E-state index in [-0.39, 0.29) is 21.6 Å². The van der Waals surface area contributed by atoms with Gasteiger partial charge in [-0.15, -0.1) is 12.6 Å². The van der Waals surface area contributed by atoms with E-state index in [1.54, 1.807) is 0 Å². The Labute approximate surface area is 91.9 Å². The van der Waals surface area contributed by atoms with E-state index >= 15 is 0 Å². The second-order valence-corrected chi connectivity index (χ2v) is 3.13. The summed E-state index contributed by atoms with van der Waals surface area (Å²) in [5.74, 6) is -0.625. The molecule has 0 spiro atoms. The molecule has 0 N–H and O–H groups in total. The van der Waals surface area contributed by atoms with E-state index in [0.717, 1.165) is 0 Å². The Morgan fingerprint density at radius 3 is 2.73 bits per heavy atom. The number of rotatable bonds is 2. The molecule has 0 heterocycles. The van der Waals surface area contributed by atoms with E-state index in [1.165, 1.54) is 19.2 Å². The number of carbonyl (C=O) groups is 2. The molecule has 0 radical (unpaired) electrons. The summed E-state index contributed by atoms with van der Waals surface area (Å²) in [6, 6.07) is 4.55. The predicted molar refractivity (Wildman–Crippen MR) is 55.1 cm³/mol. The quantitative estimate of drug-likeness (QED) is 0.466. The number of nitriles is 1. The van der Waals surface area contributed by atoms with Crippen molar-refractivity contribution in [2.45, 2.75) is 4.90 Å². The third-order valence-electron chi connectivity index (χ3n) is 1.80. The molecule has 1 rings (SSSR count). The first-order chi connectivity index (χ1) is 7.13. The van der Waals surface area contributed by atoms with Gasteiger partial charge in [-0.2, -0.15) is 5.26 Å². The van der Waals surface area contributed by atoms with Crippen LogP contribution in [-0.2, 0) is 4.74 Å². The van der Waals surface area contributed by atoms with Gasteiger partial charge in [-0.05, 0) is 12.1 Å². The average Bonchev–Trinajstić information content (AvgIpc) is 2.28. The van der Waals surface area contributed by atoms with E-state index in [4.69, 9.17) is 5.26 Å². The second-order valence-electron chi connectivity index (χ2n) is 2.68. The summed E-state index contributed by atoms with van der Waals surface area (Å²) in [7, 11) is 1.22. The van der Waals surface area contributed by atoms with Crippen molar-refractivity contribution < 1.29 is 14.3 Å². The van der Waals surface area contributed by atoms with Gasteiger partial charge in [0, 0.05) is 10.5 Å². The van der Waals surface area contributed by atoms with Crippen LogP contribution in [0.25, 0.3) is 0 Å². The fourth-order valence-electron chi connectivity index (χ4n) is 1.08. The van der Waals surface area contributed by atoms with Crippen molar-refractivity contribution in [3.8, 4) is 6.07 Å². The van der Waals surface area contributed by atoms with E-state index < -0.39 is 5.97 Å². The molecule has 5 heteroatoms. The predicted octanol–water partition coefficient (Wildman–Crippen LogP) is 1.45. The van der Waals surface area contributed by atoms with Crippen LogP contribution in [0, 0.1) is 11.3 Å². The van der Waals surface area contributed by atoms with Crippen LogP contribution < -0.4 is 0 Å². The van der Waals surface area contributed by atoms with Gasteiger partial charge < -0.3 is 4.74 Å². The summed E-state index contributed by atoms with van der Waals surface area (Å²) in [6.07, 6.45) is 0.537. The highest BCUT2D eigenvalue weighted by atomic mass is 32.1. The third kappa shape index (κ3) is 2.17. The molecule has 0 fully saturated rings. The van der Waals surface area contributed by atoms with Gasteiger partial charge in [-0.1, -0.05) is 0 Å². The summed E-state index contributed by atoms with van der Waals surface area (Å²) in [6.45, 7) is 0. The zero-order valence-corrected chi connectivity index (χ0v) is 8.75. The van der Waals surface area contributed by atoms with Crippen molar-refractivity contribution in [2.24, 2.45) is 0 Å². The standard InChI is InChI=1S/C10H7NO3S/c1-14-10(13)8-3-6(4-11)2-7(5-12)9(8)15/h2-3,5,15H,1H3. The van der Waals surface area contributed by atoms with Crippen molar-refractivity contribution in [1.82, 2.24) is 0 Å². The van der Waals surface area contributed by atoms with Crippen LogP contribution in [0.15, 0.2) is 17.0 Å².